The van der Waals surface area contributed by atoms with Gasteiger partial charge in [-0.05, 0) is 52.7 Å². The Balaban J connectivity index is 2.19. The Bertz CT molecular complexity index is 601. The molecule has 2 aromatic carbocycles. The highest BCUT2D eigenvalue weighted by Crippen LogP contribution is 2.33. The second kappa shape index (κ2) is 7.83. The Labute approximate surface area is 139 Å². The van der Waals surface area contributed by atoms with Crippen molar-refractivity contribution in [2.75, 3.05) is 6.54 Å². The van der Waals surface area contributed by atoms with Gasteiger partial charge < -0.3 is 10.1 Å². The fraction of sp³-hybridized carbons (Fsp3) is 0.294. The van der Waals surface area contributed by atoms with Gasteiger partial charge in [-0.3, -0.25) is 0 Å². The number of halogens is 2. The number of hydrogen-bond acceptors (Lipinski definition) is 2. The highest BCUT2D eigenvalue weighted by molar-refractivity contribution is 9.10. The number of benzene rings is 2. The molecule has 0 atom stereocenters. The largest absolute Gasteiger partial charge is 0.456 e. The van der Waals surface area contributed by atoms with E-state index in [2.05, 4.69) is 35.1 Å². The summed E-state index contributed by atoms with van der Waals surface area (Å²) in [5.74, 6) is 2.16. The van der Waals surface area contributed by atoms with Gasteiger partial charge in [0.15, 0.2) is 0 Å². The molecule has 0 aromatic heterocycles. The lowest BCUT2D eigenvalue weighted by Gasteiger charge is -2.15. The molecular weight excluding hydrogens is 350 g/mol. The summed E-state index contributed by atoms with van der Waals surface area (Å²) < 4.78 is 6.93. The topological polar surface area (TPSA) is 21.3 Å². The molecule has 2 nitrogen and oxygen atoms in total. The van der Waals surface area contributed by atoms with Crippen molar-refractivity contribution in [1.82, 2.24) is 5.32 Å². The van der Waals surface area contributed by atoms with Crippen LogP contribution in [0.1, 0.15) is 19.4 Å². The molecule has 0 amide bonds. The first-order valence-corrected chi connectivity index (χ1v) is 8.15. The number of ether oxygens (including phenoxy) is 1. The van der Waals surface area contributed by atoms with Crippen LogP contribution in [0.5, 0.6) is 11.5 Å². The van der Waals surface area contributed by atoms with Gasteiger partial charge in [-0.1, -0.05) is 43.6 Å². The predicted molar refractivity (Wildman–Crippen MR) is 92.2 cm³/mol. The van der Waals surface area contributed by atoms with E-state index in [1.54, 1.807) is 0 Å². The van der Waals surface area contributed by atoms with Crippen LogP contribution in [-0.4, -0.2) is 6.54 Å². The second-order valence-electron chi connectivity index (χ2n) is 5.27. The third-order valence-electron chi connectivity index (χ3n) is 2.99. The van der Waals surface area contributed by atoms with Gasteiger partial charge in [0.2, 0.25) is 0 Å². The molecule has 2 rings (SSSR count). The van der Waals surface area contributed by atoms with Gasteiger partial charge in [-0.25, -0.2) is 0 Å². The molecule has 21 heavy (non-hydrogen) atoms. The van der Waals surface area contributed by atoms with Crippen LogP contribution in [0.25, 0.3) is 0 Å². The summed E-state index contributed by atoms with van der Waals surface area (Å²) in [6, 6.07) is 13.5. The lowest BCUT2D eigenvalue weighted by atomic mass is 10.1. The van der Waals surface area contributed by atoms with E-state index >= 15 is 0 Å². The molecular formula is C17H19BrClNO. The maximum absolute atomic E-state index is 6.32. The van der Waals surface area contributed by atoms with E-state index in [0.29, 0.717) is 12.5 Å². The summed E-state index contributed by atoms with van der Waals surface area (Å²) >= 11 is 9.81. The van der Waals surface area contributed by atoms with Crippen molar-refractivity contribution in [3.8, 4) is 11.5 Å². The summed E-state index contributed by atoms with van der Waals surface area (Å²) in [5.41, 5.74) is 0.982. The average Bonchev–Trinajstić information content (AvgIpc) is 2.44. The molecule has 0 aliphatic heterocycles. The van der Waals surface area contributed by atoms with Gasteiger partial charge in [-0.2, -0.15) is 0 Å². The minimum atomic E-state index is 0.597. The lowest BCUT2D eigenvalue weighted by Crippen LogP contribution is -2.19. The molecule has 0 bridgehead atoms. The third-order valence-corrected chi connectivity index (χ3v) is 4.00. The Kier molecular flexibility index (Phi) is 6.09. The molecule has 112 valence electrons. The van der Waals surface area contributed by atoms with E-state index in [9.17, 15) is 0 Å². The van der Waals surface area contributed by atoms with Gasteiger partial charge >= 0.3 is 0 Å². The minimum Gasteiger partial charge on any atom is -0.456 e. The maximum Gasteiger partial charge on any atom is 0.141 e. The standard InChI is InChI=1S/C17H19BrClNO/c1-12(2)10-20-11-13-15(19)7-5-9-16(13)21-17-8-4-3-6-14(17)18/h3-9,12,20H,10-11H2,1-2H3. The Morgan fingerprint density at radius 3 is 2.52 bits per heavy atom. The Morgan fingerprint density at radius 2 is 1.81 bits per heavy atom. The van der Waals surface area contributed by atoms with Crippen molar-refractivity contribution in [2.24, 2.45) is 5.92 Å². The van der Waals surface area contributed by atoms with E-state index in [-0.39, 0.29) is 0 Å². The summed E-state index contributed by atoms with van der Waals surface area (Å²) in [6.07, 6.45) is 0. The lowest BCUT2D eigenvalue weighted by molar-refractivity contribution is 0.466. The molecule has 2 aromatic rings. The normalized spacial score (nSPS) is 10.9. The first kappa shape index (κ1) is 16.3. The molecule has 0 radical (unpaired) electrons. The monoisotopic (exact) mass is 367 g/mol. The fourth-order valence-electron chi connectivity index (χ4n) is 1.94. The third kappa shape index (κ3) is 4.73. The van der Waals surface area contributed by atoms with Crippen LogP contribution >= 0.6 is 27.5 Å². The van der Waals surface area contributed by atoms with E-state index in [1.807, 2.05) is 42.5 Å². The van der Waals surface area contributed by atoms with Crippen LogP contribution in [0, 0.1) is 5.92 Å². The number of nitrogens with one attached hydrogen (secondary N) is 1. The van der Waals surface area contributed by atoms with Gasteiger partial charge in [0.05, 0.1) is 4.47 Å². The van der Waals surface area contributed by atoms with Crippen LogP contribution < -0.4 is 10.1 Å². The molecule has 0 heterocycles. The van der Waals surface area contributed by atoms with Crippen molar-refractivity contribution < 1.29 is 4.74 Å². The van der Waals surface area contributed by atoms with Crippen LogP contribution in [-0.2, 0) is 6.54 Å². The van der Waals surface area contributed by atoms with E-state index < -0.39 is 0 Å². The molecule has 1 N–H and O–H groups in total. The minimum absolute atomic E-state index is 0.597. The van der Waals surface area contributed by atoms with Crippen LogP contribution in [0.15, 0.2) is 46.9 Å². The quantitative estimate of drug-likeness (QED) is 0.712. The zero-order valence-corrected chi connectivity index (χ0v) is 14.5. The molecule has 4 heteroatoms. The van der Waals surface area contributed by atoms with Crippen molar-refractivity contribution in [1.29, 1.82) is 0 Å². The summed E-state index contributed by atoms with van der Waals surface area (Å²) in [7, 11) is 0. The smallest absolute Gasteiger partial charge is 0.141 e. The van der Waals surface area contributed by atoms with Crippen molar-refractivity contribution in [3.63, 3.8) is 0 Å². The number of rotatable bonds is 6. The molecule has 0 aliphatic rings. The highest BCUT2D eigenvalue weighted by atomic mass is 79.9. The van der Waals surface area contributed by atoms with Crippen LogP contribution in [0.2, 0.25) is 5.02 Å². The highest BCUT2D eigenvalue weighted by Gasteiger charge is 2.10. The van der Waals surface area contributed by atoms with Crippen LogP contribution in [0.3, 0.4) is 0 Å². The van der Waals surface area contributed by atoms with Crippen molar-refractivity contribution in [3.05, 3.63) is 57.5 Å². The Morgan fingerprint density at radius 1 is 1.10 bits per heavy atom. The first-order valence-electron chi connectivity index (χ1n) is 6.98. The number of hydrogen-bond donors (Lipinski definition) is 1. The van der Waals surface area contributed by atoms with Gasteiger partial charge in [0.25, 0.3) is 0 Å². The van der Waals surface area contributed by atoms with Crippen LogP contribution in [0.4, 0.5) is 0 Å². The van der Waals surface area contributed by atoms with Gasteiger partial charge in [-0.15, -0.1) is 0 Å². The van der Waals surface area contributed by atoms with Crippen molar-refractivity contribution >= 4 is 27.5 Å². The Hall–Kier alpha value is -1.03. The van der Waals surface area contributed by atoms with E-state index in [1.165, 1.54) is 0 Å². The SMILES string of the molecule is CC(C)CNCc1c(Cl)cccc1Oc1ccccc1Br. The molecule has 0 fully saturated rings. The van der Waals surface area contributed by atoms with Crippen molar-refractivity contribution in [2.45, 2.75) is 20.4 Å². The molecule has 0 saturated carbocycles. The molecule has 0 unspecified atom stereocenters. The first-order chi connectivity index (χ1) is 10.1. The summed E-state index contributed by atoms with van der Waals surface area (Å²) in [6.45, 7) is 5.99. The van der Waals surface area contributed by atoms with E-state index in [0.717, 1.165) is 33.1 Å². The molecule has 0 aliphatic carbocycles. The van der Waals surface area contributed by atoms with Gasteiger partial charge in [0, 0.05) is 17.1 Å². The second-order valence-corrected chi connectivity index (χ2v) is 6.54. The number of para-hydroxylation sites is 1. The van der Waals surface area contributed by atoms with E-state index in [4.69, 9.17) is 16.3 Å². The maximum atomic E-state index is 6.32. The summed E-state index contributed by atoms with van der Waals surface area (Å²) in [5, 5.41) is 4.12. The van der Waals surface area contributed by atoms with Gasteiger partial charge in [0.1, 0.15) is 11.5 Å². The summed E-state index contributed by atoms with van der Waals surface area (Å²) in [4.78, 5) is 0. The zero-order valence-electron chi connectivity index (χ0n) is 12.2. The zero-order chi connectivity index (χ0) is 15.2. The average molecular weight is 369 g/mol. The molecule has 0 spiro atoms. The fourth-order valence-corrected chi connectivity index (χ4v) is 2.54. The predicted octanol–water partition coefficient (Wildman–Crippen LogP) is 5.64. The molecule has 0 saturated heterocycles.